The Kier molecular flexibility index (Phi) is 17.9. The molecule has 4 aromatic carbocycles. The van der Waals surface area contributed by atoms with Gasteiger partial charge in [0.15, 0.2) is 0 Å². The fourth-order valence-corrected chi connectivity index (χ4v) is 6.75. The zero-order chi connectivity index (χ0) is 46.0. The van der Waals surface area contributed by atoms with Crippen molar-refractivity contribution in [3.05, 3.63) is 263 Å². The third-order valence-corrected chi connectivity index (χ3v) is 10.3. The molecule has 0 atom stereocenters. The largest absolute Gasteiger partial charge is 2.00 e. The number of benzene rings is 4. The van der Waals surface area contributed by atoms with Gasteiger partial charge in [-0.05, 0) is 117 Å². The number of allylic oxidation sites excluding steroid dienone is 4. The molecule has 2 aliphatic heterocycles. The van der Waals surface area contributed by atoms with Gasteiger partial charge in [0.25, 0.3) is 0 Å². The minimum absolute atomic E-state index is 0. The molecule has 6 heterocycles. The molecule has 0 amide bonds. The van der Waals surface area contributed by atoms with Gasteiger partial charge in [-0.25, -0.2) is 0 Å². The quantitative estimate of drug-likeness (QED) is 0.172. The Morgan fingerprint density at radius 1 is 0.243 bits per heavy atom. The number of aromatic nitrogens is 4. The Balaban J connectivity index is 0.000000201. The van der Waals surface area contributed by atoms with E-state index in [0.717, 1.165) is 90.0 Å². The molecule has 0 saturated carbocycles. The molecule has 12 nitrogen and oxygen atoms in total. The van der Waals surface area contributed by atoms with Crippen LogP contribution in [0.2, 0.25) is 0 Å². The van der Waals surface area contributed by atoms with Crippen LogP contribution in [-0.2, 0) is 33.6 Å². The molecule has 0 spiro atoms. The smallest absolute Gasteiger partial charge is 0.662 e. The van der Waals surface area contributed by atoms with Crippen LogP contribution in [0.1, 0.15) is 22.3 Å². The summed E-state index contributed by atoms with van der Waals surface area (Å²) in [5.74, 6) is 0. The molecule has 0 aliphatic carbocycles. The number of fused-ring (bicyclic) bond motifs is 4. The van der Waals surface area contributed by atoms with Crippen LogP contribution in [0.4, 0.5) is 45.5 Å². The Hall–Kier alpha value is -8.67. The van der Waals surface area contributed by atoms with Crippen molar-refractivity contribution in [1.82, 2.24) is 19.9 Å². The van der Waals surface area contributed by atoms with Crippen LogP contribution in [0, 0.1) is 0 Å². The third kappa shape index (κ3) is 13.3. The van der Waals surface area contributed by atoms with Crippen LogP contribution in [0.15, 0.2) is 240 Å². The van der Waals surface area contributed by atoms with Crippen molar-refractivity contribution in [3.63, 3.8) is 0 Å². The van der Waals surface area contributed by atoms with Crippen molar-refractivity contribution in [1.29, 1.82) is 0 Å². The van der Waals surface area contributed by atoms with E-state index in [1.807, 2.05) is 146 Å². The summed E-state index contributed by atoms with van der Waals surface area (Å²) >= 11 is 0. The van der Waals surface area contributed by atoms with Gasteiger partial charge in [0.05, 0.1) is 0 Å². The van der Waals surface area contributed by atoms with E-state index in [1.54, 1.807) is 99.2 Å². The average Bonchev–Trinajstić information content (AvgIpc) is 3.41. The van der Waals surface area contributed by atoms with Crippen LogP contribution in [0.5, 0.6) is 0 Å². The van der Waals surface area contributed by atoms with E-state index < -0.39 is 0 Å². The molecule has 10 rings (SSSR count). The molecule has 8 aromatic rings. The van der Waals surface area contributed by atoms with Gasteiger partial charge in [-0.1, -0.05) is 72.8 Å². The molecule has 14 heteroatoms. The first-order chi connectivity index (χ1) is 33.7. The van der Waals surface area contributed by atoms with Crippen LogP contribution >= 0.6 is 0 Å². The molecule has 0 saturated heterocycles. The van der Waals surface area contributed by atoms with Crippen LogP contribution in [0.3, 0.4) is 0 Å². The first-order valence-electron chi connectivity index (χ1n) is 21.5. The van der Waals surface area contributed by atoms with Crippen molar-refractivity contribution in [2.75, 3.05) is 0 Å². The van der Waals surface area contributed by atoms with Crippen LogP contribution in [0.25, 0.3) is 43.6 Å². The van der Waals surface area contributed by atoms with Gasteiger partial charge in [-0.3, -0.25) is 39.9 Å². The maximum atomic E-state index is 4.75. The van der Waals surface area contributed by atoms with Crippen molar-refractivity contribution in [3.8, 4) is 0 Å². The van der Waals surface area contributed by atoms with Gasteiger partial charge in [-0.15, -0.1) is 22.7 Å². The molecule has 0 bridgehead atoms. The number of rotatable bonds is 4. The van der Waals surface area contributed by atoms with E-state index in [2.05, 4.69) is 19.9 Å². The maximum absolute atomic E-state index is 4.75. The van der Waals surface area contributed by atoms with Gasteiger partial charge in [0.1, 0.15) is 0 Å². The van der Waals surface area contributed by atoms with E-state index in [1.165, 1.54) is 0 Å². The van der Waals surface area contributed by atoms with Crippen molar-refractivity contribution < 1.29 is 33.6 Å². The molecule has 0 unspecified atom stereocenters. The van der Waals surface area contributed by atoms with Gasteiger partial charge in [0.2, 0.25) is 0 Å². The van der Waals surface area contributed by atoms with Crippen molar-refractivity contribution in [2.24, 2.45) is 20.0 Å². The number of hydrogen-bond donors (Lipinski definition) is 0. The standard InChI is InChI=1S/2C28H20N6.2Co/c2*1-2-6-26-25(5-1)31-17-23(21-9-13-29-14-10-21)19-33-27-7-3-4-8-28(27)34-20-24(18-32-26)22-11-15-30-16-12-22;;/h2*1-20H;;/q2*-2;2*+2/b2*23-17+,24-20+,32-18?,33-19?;;. The molecular weight excluding hydrogens is 959 g/mol. The summed E-state index contributed by atoms with van der Waals surface area (Å²) in [4.78, 5) is 35.5. The van der Waals surface area contributed by atoms with E-state index in [4.69, 9.17) is 41.2 Å². The summed E-state index contributed by atoms with van der Waals surface area (Å²) in [6.07, 6.45) is 28.4. The van der Waals surface area contributed by atoms with Crippen LogP contribution in [-0.4, -0.2) is 44.8 Å². The second kappa shape index (κ2) is 25.5. The van der Waals surface area contributed by atoms with Crippen molar-refractivity contribution >= 4 is 92.6 Å². The number of aliphatic imine (C=N–C) groups is 4. The minimum Gasteiger partial charge on any atom is -0.662 e. The zero-order valence-electron chi connectivity index (χ0n) is 37.1. The molecular formula is C56H40Co2N12. The van der Waals surface area contributed by atoms with Crippen molar-refractivity contribution in [2.45, 2.75) is 0 Å². The number of nitrogens with zero attached hydrogens (tertiary/aromatic N) is 12. The normalized spacial score (nSPS) is 15.9. The minimum atomic E-state index is 0. The molecule has 0 fully saturated rings. The summed E-state index contributed by atoms with van der Waals surface area (Å²) in [7, 11) is 0. The Morgan fingerprint density at radius 2 is 0.443 bits per heavy atom. The Labute approximate surface area is 427 Å². The predicted molar refractivity (Wildman–Crippen MR) is 279 cm³/mol. The van der Waals surface area contributed by atoms with E-state index in [9.17, 15) is 0 Å². The average molecular weight is 999 g/mol. The van der Waals surface area contributed by atoms with Gasteiger partial charge >= 0.3 is 33.6 Å². The van der Waals surface area contributed by atoms with Gasteiger partial charge in [0, 0.05) is 97.2 Å². The summed E-state index contributed by atoms with van der Waals surface area (Å²) in [6, 6.07) is 46.5. The van der Waals surface area contributed by atoms with Gasteiger partial charge in [-0.2, -0.15) is 24.8 Å². The Bertz CT molecular complexity index is 2790. The summed E-state index contributed by atoms with van der Waals surface area (Å²) in [5, 5.41) is 19.0. The first kappa shape index (κ1) is 49.2. The molecule has 4 aromatic heterocycles. The zero-order valence-corrected chi connectivity index (χ0v) is 39.2. The van der Waals surface area contributed by atoms with Crippen LogP contribution < -0.4 is 0 Å². The first-order valence-corrected chi connectivity index (χ1v) is 21.5. The monoisotopic (exact) mass is 998 g/mol. The van der Waals surface area contributed by atoms with E-state index >= 15 is 0 Å². The molecule has 2 radical (unpaired) electrons. The maximum Gasteiger partial charge on any atom is 2.00 e. The second-order valence-corrected chi connectivity index (χ2v) is 14.8. The molecule has 342 valence electrons. The fourth-order valence-electron chi connectivity index (χ4n) is 6.75. The third-order valence-electron chi connectivity index (χ3n) is 10.3. The molecule has 0 N–H and O–H groups in total. The Morgan fingerprint density at radius 3 is 0.657 bits per heavy atom. The topological polar surface area (TPSA) is 157 Å². The summed E-state index contributed by atoms with van der Waals surface area (Å²) in [6.45, 7) is 0. The predicted octanol–water partition coefficient (Wildman–Crippen LogP) is 15.4. The number of hydrogen-bond acceptors (Lipinski definition) is 8. The SMILES string of the molecule is C1=Nc2ccccc2[N-]/C=C(/c2ccncc2)C=Nc2ccccc2[N-]/C=C\1c1ccncc1.C1=Nc2ccccc2[N-]/C=C(/c2ccncc2)C=Nc2ccccc2[N-]/C=C\1c1ccncc1.[Co+2].[Co+2]. The fraction of sp³-hybridized carbons (Fsp3) is 0. The number of pyridine rings is 4. The van der Waals surface area contributed by atoms with E-state index in [-0.39, 0.29) is 33.6 Å². The second-order valence-electron chi connectivity index (χ2n) is 14.8. The summed E-state index contributed by atoms with van der Waals surface area (Å²) < 4.78 is 0. The number of para-hydroxylation sites is 8. The van der Waals surface area contributed by atoms with E-state index in [0.29, 0.717) is 0 Å². The molecule has 2 aliphatic rings. The van der Waals surface area contributed by atoms with Gasteiger partial charge < -0.3 is 21.3 Å². The summed E-state index contributed by atoms with van der Waals surface area (Å²) in [5.41, 5.74) is 13.3. The molecule has 70 heavy (non-hydrogen) atoms.